The SMILES string of the molecule is NC(=O)NCCCC[C@@H](NC(=O)[C@H](Cc1ccc2ccccc2c1)NC(=O)c1nc2ccccc2[nH]c1=O)C(N)=O. The van der Waals surface area contributed by atoms with Gasteiger partial charge in [0.2, 0.25) is 11.8 Å². The second kappa shape index (κ2) is 13.2. The summed E-state index contributed by atoms with van der Waals surface area (Å²) in [5, 5.41) is 9.66. The van der Waals surface area contributed by atoms with Crippen LogP contribution in [0.1, 0.15) is 35.3 Å². The van der Waals surface area contributed by atoms with Crippen LogP contribution in [0.5, 0.6) is 0 Å². The maximum atomic E-state index is 13.5. The van der Waals surface area contributed by atoms with Gasteiger partial charge >= 0.3 is 6.03 Å². The molecule has 0 spiro atoms. The number of hydrogen-bond donors (Lipinski definition) is 6. The van der Waals surface area contributed by atoms with E-state index in [4.69, 9.17) is 11.5 Å². The number of hydrogen-bond acceptors (Lipinski definition) is 6. The molecule has 0 radical (unpaired) electrons. The minimum atomic E-state index is -1.16. The number of aromatic amines is 1. The average molecular weight is 558 g/mol. The molecule has 212 valence electrons. The van der Waals surface area contributed by atoms with Crippen molar-refractivity contribution in [1.82, 2.24) is 25.9 Å². The van der Waals surface area contributed by atoms with Crippen molar-refractivity contribution < 1.29 is 19.2 Å². The largest absolute Gasteiger partial charge is 0.368 e. The fraction of sp³-hybridized carbons (Fsp3) is 0.241. The Morgan fingerprint density at radius 1 is 0.854 bits per heavy atom. The number of carbonyl (C=O) groups excluding carboxylic acids is 4. The summed E-state index contributed by atoms with van der Waals surface area (Å²) in [6, 6.07) is 17.3. The molecule has 2 atom stereocenters. The van der Waals surface area contributed by atoms with Gasteiger partial charge in [-0.25, -0.2) is 9.78 Å². The molecule has 1 aromatic heterocycles. The summed E-state index contributed by atoms with van der Waals surface area (Å²) >= 11 is 0. The molecule has 12 nitrogen and oxygen atoms in total. The van der Waals surface area contributed by atoms with Crippen LogP contribution in [0.2, 0.25) is 0 Å². The molecule has 8 N–H and O–H groups in total. The number of amides is 5. The summed E-state index contributed by atoms with van der Waals surface area (Å²) in [6.07, 6.45) is 1.26. The summed E-state index contributed by atoms with van der Waals surface area (Å²) < 4.78 is 0. The van der Waals surface area contributed by atoms with Gasteiger partial charge in [0, 0.05) is 13.0 Å². The van der Waals surface area contributed by atoms with Crippen LogP contribution in [-0.2, 0) is 16.0 Å². The molecule has 12 heteroatoms. The maximum absolute atomic E-state index is 13.5. The number of fused-ring (bicyclic) bond motifs is 2. The monoisotopic (exact) mass is 557 g/mol. The van der Waals surface area contributed by atoms with Gasteiger partial charge in [0.05, 0.1) is 11.0 Å². The first-order valence-electron chi connectivity index (χ1n) is 13.1. The van der Waals surface area contributed by atoms with Gasteiger partial charge in [-0.1, -0.05) is 54.6 Å². The molecule has 4 rings (SSSR count). The van der Waals surface area contributed by atoms with Crippen molar-refractivity contribution in [3.05, 3.63) is 88.3 Å². The van der Waals surface area contributed by atoms with Gasteiger partial charge in [-0.3, -0.25) is 19.2 Å². The number of carbonyl (C=O) groups is 4. The molecule has 41 heavy (non-hydrogen) atoms. The standard InChI is InChI=1S/C29H31N7O5/c30-25(37)22(11-5-6-14-32-29(31)41)35-26(38)23(16-17-12-13-18-7-1-2-8-19(18)15-17)36-28(40)24-27(39)34-21-10-4-3-9-20(21)33-24/h1-4,7-10,12-13,15,22-23H,5-6,11,14,16H2,(H2,30,37)(H,34,39)(H,35,38)(H,36,40)(H3,31,32,41)/t22-,23+/m1/s1. The van der Waals surface area contributed by atoms with E-state index in [9.17, 15) is 24.0 Å². The third-order valence-electron chi connectivity index (χ3n) is 6.57. The van der Waals surface area contributed by atoms with Crippen LogP contribution in [0.3, 0.4) is 0 Å². The molecule has 0 saturated heterocycles. The van der Waals surface area contributed by atoms with E-state index in [0.717, 1.165) is 16.3 Å². The molecule has 4 aromatic rings. The lowest BCUT2D eigenvalue weighted by Crippen LogP contribution is -2.54. The predicted octanol–water partition coefficient (Wildman–Crippen LogP) is 1.23. The van der Waals surface area contributed by atoms with Gasteiger partial charge in [0.1, 0.15) is 12.1 Å². The van der Waals surface area contributed by atoms with Crippen molar-refractivity contribution in [2.24, 2.45) is 11.5 Å². The Kier molecular flexibility index (Phi) is 9.25. The molecule has 3 aromatic carbocycles. The van der Waals surface area contributed by atoms with Crippen LogP contribution in [-0.4, -0.2) is 52.3 Å². The molecule has 0 aliphatic heterocycles. The lowest BCUT2D eigenvalue weighted by atomic mass is 10.0. The van der Waals surface area contributed by atoms with Crippen LogP contribution in [0.25, 0.3) is 21.8 Å². The van der Waals surface area contributed by atoms with Crippen LogP contribution < -0.4 is 33.0 Å². The van der Waals surface area contributed by atoms with Crippen molar-refractivity contribution in [2.75, 3.05) is 6.54 Å². The summed E-state index contributed by atoms with van der Waals surface area (Å²) in [4.78, 5) is 69.1. The number of benzene rings is 3. The van der Waals surface area contributed by atoms with Gasteiger partial charge in [-0.15, -0.1) is 0 Å². The number of H-pyrrole nitrogens is 1. The van der Waals surface area contributed by atoms with Crippen molar-refractivity contribution in [3.63, 3.8) is 0 Å². The normalized spacial score (nSPS) is 12.4. The van der Waals surface area contributed by atoms with E-state index in [2.05, 4.69) is 25.9 Å². The Bertz CT molecular complexity index is 1650. The zero-order valence-corrected chi connectivity index (χ0v) is 22.2. The summed E-state index contributed by atoms with van der Waals surface area (Å²) in [5.41, 5.74) is 11.1. The molecule has 0 saturated carbocycles. The fourth-order valence-electron chi connectivity index (χ4n) is 4.46. The predicted molar refractivity (Wildman–Crippen MR) is 154 cm³/mol. The first-order valence-corrected chi connectivity index (χ1v) is 13.1. The first-order chi connectivity index (χ1) is 19.7. The van der Waals surface area contributed by atoms with Gasteiger partial charge < -0.3 is 32.4 Å². The summed E-state index contributed by atoms with van der Waals surface area (Å²) in [7, 11) is 0. The van der Waals surface area contributed by atoms with Crippen molar-refractivity contribution in [2.45, 2.75) is 37.8 Å². The number of primary amides is 2. The fourth-order valence-corrected chi connectivity index (χ4v) is 4.46. The Morgan fingerprint density at radius 3 is 2.34 bits per heavy atom. The van der Waals surface area contributed by atoms with E-state index in [1.807, 2.05) is 42.5 Å². The minimum Gasteiger partial charge on any atom is -0.368 e. The van der Waals surface area contributed by atoms with Gasteiger partial charge in [-0.2, -0.15) is 0 Å². The Morgan fingerprint density at radius 2 is 1.59 bits per heavy atom. The molecule has 5 amide bonds. The van der Waals surface area contributed by atoms with E-state index in [1.54, 1.807) is 24.3 Å². The highest BCUT2D eigenvalue weighted by molar-refractivity contribution is 5.98. The topological polar surface area (TPSA) is 202 Å². The van der Waals surface area contributed by atoms with Crippen LogP contribution in [0, 0.1) is 0 Å². The molecule has 0 fully saturated rings. The van der Waals surface area contributed by atoms with Gasteiger partial charge in [0.15, 0.2) is 5.69 Å². The van der Waals surface area contributed by atoms with Crippen LogP contribution in [0.4, 0.5) is 4.79 Å². The molecular weight excluding hydrogens is 526 g/mol. The second-order valence-electron chi connectivity index (χ2n) is 9.59. The Labute approximate surface area is 234 Å². The number of para-hydroxylation sites is 2. The first kappa shape index (κ1) is 28.7. The molecule has 0 bridgehead atoms. The lowest BCUT2D eigenvalue weighted by molar-refractivity contribution is -0.128. The number of urea groups is 1. The van der Waals surface area contributed by atoms with E-state index < -0.39 is 47.1 Å². The minimum absolute atomic E-state index is 0.0713. The van der Waals surface area contributed by atoms with E-state index >= 15 is 0 Å². The zero-order valence-electron chi connectivity index (χ0n) is 22.2. The summed E-state index contributed by atoms with van der Waals surface area (Å²) in [5.74, 6) is -2.24. The quantitative estimate of drug-likeness (QED) is 0.141. The Hall–Kier alpha value is -5.26. The van der Waals surface area contributed by atoms with Crippen LogP contribution >= 0.6 is 0 Å². The van der Waals surface area contributed by atoms with Crippen molar-refractivity contribution >= 4 is 45.6 Å². The molecule has 0 aliphatic carbocycles. The highest BCUT2D eigenvalue weighted by atomic mass is 16.2. The highest BCUT2D eigenvalue weighted by Crippen LogP contribution is 2.17. The molecule has 0 unspecified atom stereocenters. The summed E-state index contributed by atoms with van der Waals surface area (Å²) in [6.45, 7) is 0.308. The highest BCUT2D eigenvalue weighted by Gasteiger charge is 2.27. The van der Waals surface area contributed by atoms with E-state index in [1.165, 1.54) is 0 Å². The molecule has 0 aliphatic rings. The van der Waals surface area contributed by atoms with Crippen molar-refractivity contribution in [3.8, 4) is 0 Å². The third-order valence-corrected chi connectivity index (χ3v) is 6.57. The molecular formula is C29H31N7O5. The molecule has 1 heterocycles. The number of unbranched alkanes of at least 4 members (excludes halogenated alkanes) is 1. The third kappa shape index (κ3) is 7.66. The Balaban J connectivity index is 1.55. The number of nitrogens with two attached hydrogens (primary N) is 2. The zero-order chi connectivity index (χ0) is 29.4. The number of rotatable bonds is 12. The van der Waals surface area contributed by atoms with Crippen molar-refractivity contribution in [1.29, 1.82) is 0 Å². The number of nitrogens with one attached hydrogen (secondary N) is 4. The van der Waals surface area contributed by atoms with Gasteiger partial charge in [0.25, 0.3) is 11.5 Å². The smallest absolute Gasteiger partial charge is 0.312 e. The maximum Gasteiger partial charge on any atom is 0.312 e. The van der Waals surface area contributed by atoms with Crippen LogP contribution in [0.15, 0.2) is 71.5 Å². The average Bonchev–Trinajstić information content (AvgIpc) is 2.95. The lowest BCUT2D eigenvalue weighted by Gasteiger charge is -2.22. The number of aromatic nitrogens is 2. The van der Waals surface area contributed by atoms with E-state index in [0.29, 0.717) is 30.4 Å². The number of nitrogens with zero attached hydrogens (tertiary/aromatic N) is 1. The van der Waals surface area contributed by atoms with Gasteiger partial charge in [-0.05, 0) is 47.7 Å². The second-order valence-corrected chi connectivity index (χ2v) is 9.59. The van der Waals surface area contributed by atoms with E-state index in [-0.39, 0.29) is 12.8 Å².